The molecule has 0 bridgehead atoms. The number of aryl methyl sites for hydroxylation is 1. The van der Waals surface area contributed by atoms with E-state index in [9.17, 15) is 18.0 Å². The van der Waals surface area contributed by atoms with E-state index in [2.05, 4.69) is 5.32 Å². The summed E-state index contributed by atoms with van der Waals surface area (Å²) in [4.78, 5) is 23.3. The van der Waals surface area contributed by atoms with E-state index < -0.39 is 22.0 Å². The number of nitrogens with one attached hydrogen (secondary N) is 1. The number of rotatable bonds is 4. The van der Waals surface area contributed by atoms with Gasteiger partial charge in [0.1, 0.15) is 16.6 Å². The van der Waals surface area contributed by atoms with Crippen molar-refractivity contribution >= 4 is 21.8 Å². The first kappa shape index (κ1) is 16.5. The van der Waals surface area contributed by atoms with Crippen LogP contribution in [0.2, 0.25) is 0 Å². The van der Waals surface area contributed by atoms with Crippen LogP contribution in [0.4, 0.5) is 0 Å². The molecule has 2 rings (SSSR count). The van der Waals surface area contributed by atoms with Gasteiger partial charge >= 0.3 is 0 Å². The number of nitrogens with zero attached hydrogens (tertiary/aromatic N) is 2. The predicted molar refractivity (Wildman–Crippen MR) is 79.5 cm³/mol. The van der Waals surface area contributed by atoms with Crippen molar-refractivity contribution in [1.29, 1.82) is 0 Å². The largest absolute Gasteiger partial charge is 0.364 e. The second-order valence-electron chi connectivity index (χ2n) is 5.63. The fourth-order valence-corrected chi connectivity index (χ4v) is 4.42. The topological polar surface area (TPSA) is 114 Å². The number of carbonyl (C=O) groups excluding carboxylic acids is 2. The molecular weight excluding hydrogens is 308 g/mol. The summed E-state index contributed by atoms with van der Waals surface area (Å²) >= 11 is 0. The molecule has 1 aliphatic rings. The first-order chi connectivity index (χ1) is 10.2. The number of hydrogen-bond donors (Lipinski definition) is 2. The average Bonchev–Trinajstić information content (AvgIpc) is 2.81. The monoisotopic (exact) mass is 328 g/mol. The van der Waals surface area contributed by atoms with Crippen molar-refractivity contribution < 1.29 is 18.0 Å². The van der Waals surface area contributed by atoms with Crippen molar-refractivity contribution in [3.8, 4) is 0 Å². The zero-order valence-corrected chi connectivity index (χ0v) is 13.6. The van der Waals surface area contributed by atoms with Crippen molar-refractivity contribution in [3.05, 3.63) is 18.0 Å². The Morgan fingerprint density at radius 2 is 2.09 bits per heavy atom. The molecule has 0 aliphatic carbocycles. The average molecular weight is 328 g/mol. The molecule has 0 radical (unpaired) electrons. The highest BCUT2D eigenvalue weighted by Crippen LogP contribution is 2.24. The minimum Gasteiger partial charge on any atom is -0.364 e. The summed E-state index contributed by atoms with van der Waals surface area (Å²) < 4.78 is 28.2. The Balaban J connectivity index is 2.46. The number of nitrogens with two attached hydrogens (primary N) is 1. The Morgan fingerprint density at radius 3 is 2.59 bits per heavy atom. The Kier molecular flexibility index (Phi) is 4.30. The van der Waals surface area contributed by atoms with Gasteiger partial charge in [0.05, 0.1) is 0 Å². The van der Waals surface area contributed by atoms with Crippen LogP contribution in [0.1, 0.15) is 24.3 Å². The number of aromatic nitrogens is 1. The van der Waals surface area contributed by atoms with Crippen LogP contribution in [-0.2, 0) is 21.9 Å². The zero-order chi connectivity index (χ0) is 16.7. The van der Waals surface area contributed by atoms with Gasteiger partial charge in [0.2, 0.25) is 15.9 Å². The smallest absolute Gasteiger partial charge is 0.265 e. The van der Waals surface area contributed by atoms with Crippen molar-refractivity contribution in [2.75, 3.05) is 13.1 Å². The fraction of sp³-hybridized carbons (Fsp3) is 0.538. The Morgan fingerprint density at radius 1 is 1.45 bits per heavy atom. The summed E-state index contributed by atoms with van der Waals surface area (Å²) in [7, 11) is -2.34. The second-order valence-corrected chi connectivity index (χ2v) is 7.52. The molecule has 1 saturated heterocycles. The molecule has 2 amide bonds. The zero-order valence-electron chi connectivity index (χ0n) is 12.7. The quantitative estimate of drug-likeness (QED) is 0.758. The number of hydrogen-bond acceptors (Lipinski definition) is 4. The minimum atomic E-state index is -3.88. The molecule has 3 N–H and O–H groups in total. The molecule has 1 aliphatic heterocycles. The summed E-state index contributed by atoms with van der Waals surface area (Å²) in [5.74, 6) is -1.19. The van der Waals surface area contributed by atoms with Gasteiger partial charge in [-0.25, -0.2) is 8.42 Å². The lowest BCUT2D eigenvalue weighted by Crippen LogP contribution is -2.58. The van der Waals surface area contributed by atoms with Crippen LogP contribution in [0.5, 0.6) is 0 Å². The van der Waals surface area contributed by atoms with Gasteiger partial charge in [0.15, 0.2) is 0 Å². The summed E-state index contributed by atoms with van der Waals surface area (Å²) in [6, 6.07) is 0.470. The maximum Gasteiger partial charge on any atom is 0.265 e. The number of amides is 2. The second kappa shape index (κ2) is 5.73. The maximum absolute atomic E-state index is 12.8. The number of piperazine rings is 1. The molecule has 22 heavy (non-hydrogen) atoms. The number of carbonyl (C=O) groups is 2. The van der Waals surface area contributed by atoms with Crippen LogP contribution < -0.4 is 11.1 Å². The molecule has 8 nitrogen and oxygen atoms in total. The molecule has 1 aromatic rings. The summed E-state index contributed by atoms with van der Waals surface area (Å²) in [5.41, 5.74) is 5.31. The lowest BCUT2D eigenvalue weighted by atomic mass is 10.0. The first-order valence-electron chi connectivity index (χ1n) is 6.92. The SMILES string of the molecule is CC(C)[C@H]1C(=O)NCCN1S(=O)(=O)c1cc(C(N)=O)n(C)c1. The van der Waals surface area contributed by atoms with Crippen LogP contribution >= 0.6 is 0 Å². The van der Waals surface area contributed by atoms with E-state index in [0.717, 1.165) is 0 Å². The van der Waals surface area contributed by atoms with Crippen LogP contribution in [-0.4, -0.2) is 48.2 Å². The Hall–Kier alpha value is -1.87. The molecule has 0 spiro atoms. The molecule has 2 heterocycles. The standard InChI is InChI=1S/C13H20N4O4S/c1-8(2)11-13(19)15-4-5-17(11)22(20,21)9-6-10(12(14)18)16(3)7-9/h6-8,11H,4-5H2,1-3H3,(H2,14,18)(H,15,19)/t11-/m0/s1. The van der Waals surface area contributed by atoms with E-state index >= 15 is 0 Å². The third-order valence-electron chi connectivity index (χ3n) is 3.68. The van der Waals surface area contributed by atoms with Crippen LogP contribution in [0, 0.1) is 5.92 Å². The summed E-state index contributed by atoms with van der Waals surface area (Å²) in [6.45, 7) is 4.03. The van der Waals surface area contributed by atoms with Gasteiger partial charge in [-0.1, -0.05) is 13.8 Å². The molecule has 0 aromatic carbocycles. The Bertz CT molecular complexity index is 708. The van der Waals surface area contributed by atoms with Crippen molar-refractivity contribution in [2.24, 2.45) is 18.7 Å². The minimum absolute atomic E-state index is 0.0378. The van der Waals surface area contributed by atoms with E-state index in [0.29, 0.717) is 0 Å². The highest BCUT2D eigenvalue weighted by atomic mass is 32.2. The predicted octanol–water partition coefficient (Wildman–Crippen LogP) is -0.731. The van der Waals surface area contributed by atoms with Gasteiger partial charge in [-0.05, 0) is 12.0 Å². The van der Waals surface area contributed by atoms with E-state index in [1.54, 1.807) is 20.9 Å². The van der Waals surface area contributed by atoms with Gasteiger partial charge in [-0.3, -0.25) is 9.59 Å². The number of sulfonamides is 1. The summed E-state index contributed by atoms with van der Waals surface area (Å²) in [5, 5.41) is 2.68. The van der Waals surface area contributed by atoms with Crippen molar-refractivity contribution in [1.82, 2.24) is 14.2 Å². The molecule has 0 unspecified atom stereocenters. The number of primary amides is 1. The highest BCUT2D eigenvalue weighted by molar-refractivity contribution is 7.89. The molecule has 0 saturated carbocycles. The van der Waals surface area contributed by atoms with E-state index in [4.69, 9.17) is 5.73 Å². The van der Waals surface area contributed by atoms with Crippen molar-refractivity contribution in [2.45, 2.75) is 24.8 Å². The molecular formula is C13H20N4O4S. The van der Waals surface area contributed by atoms with E-state index in [1.807, 2.05) is 0 Å². The van der Waals surface area contributed by atoms with Gasteiger partial charge < -0.3 is 15.6 Å². The summed E-state index contributed by atoms with van der Waals surface area (Å²) in [6.07, 6.45) is 1.33. The third-order valence-corrected chi connectivity index (χ3v) is 5.53. The van der Waals surface area contributed by atoms with Gasteiger partial charge in [-0.15, -0.1) is 0 Å². The molecule has 1 atom stereocenters. The normalized spacial score (nSPS) is 20.2. The Labute approximate surface area is 129 Å². The lowest BCUT2D eigenvalue weighted by Gasteiger charge is -2.35. The maximum atomic E-state index is 12.8. The van der Waals surface area contributed by atoms with Crippen LogP contribution in [0.15, 0.2) is 17.2 Å². The van der Waals surface area contributed by atoms with Gasteiger partial charge in [-0.2, -0.15) is 4.31 Å². The van der Waals surface area contributed by atoms with Crippen LogP contribution in [0.3, 0.4) is 0 Å². The molecule has 1 fully saturated rings. The highest BCUT2D eigenvalue weighted by Gasteiger charge is 2.40. The fourth-order valence-electron chi connectivity index (χ4n) is 2.62. The molecule has 9 heteroatoms. The third kappa shape index (κ3) is 2.73. The molecule has 122 valence electrons. The first-order valence-corrected chi connectivity index (χ1v) is 8.36. The van der Waals surface area contributed by atoms with Crippen LogP contribution in [0.25, 0.3) is 0 Å². The van der Waals surface area contributed by atoms with Gasteiger partial charge in [0, 0.05) is 26.3 Å². The van der Waals surface area contributed by atoms with Crippen molar-refractivity contribution in [3.63, 3.8) is 0 Å². The van der Waals surface area contributed by atoms with E-state index in [-0.39, 0.29) is 35.5 Å². The van der Waals surface area contributed by atoms with Gasteiger partial charge in [0.25, 0.3) is 5.91 Å². The van der Waals surface area contributed by atoms with E-state index in [1.165, 1.54) is 21.1 Å². The molecule has 1 aromatic heterocycles. The lowest BCUT2D eigenvalue weighted by molar-refractivity contribution is -0.128.